The second-order valence-electron chi connectivity index (χ2n) is 3.74. The Hall–Kier alpha value is -0.620. The van der Waals surface area contributed by atoms with Gasteiger partial charge in [0.25, 0.3) is 5.91 Å². The second kappa shape index (κ2) is 5.14. The van der Waals surface area contributed by atoms with E-state index in [-0.39, 0.29) is 11.9 Å². The lowest BCUT2D eigenvalue weighted by molar-refractivity contribution is 0.0934. The number of carbonyl (C=O) groups is 1. The van der Waals surface area contributed by atoms with Crippen molar-refractivity contribution >= 4 is 32.6 Å². The van der Waals surface area contributed by atoms with Gasteiger partial charge in [-0.1, -0.05) is 0 Å². The largest absolute Gasteiger partial charge is 0.457 e. The molecule has 0 unspecified atom stereocenters. The number of furan rings is 1. The van der Waals surface area contributed by atoms with Gasteiger partial charge in [-0.05, 0) is 28.8 Å². The van der Waals surface area contributed by atoms with E-state index in [1.807, 2.05) is 0 Å². The molecule has 1 aromatic rings. The number of halogens is 1. The molecule has 1 N–H and O–H groups in total. The van der Waals surface area contributed by atoms with Crippen molar-refractivity contribution in [2.75, 3.05) is 11.5 Å². The Morgan fingerprint density at radius 2 is 2.19 bits per heavy atom. The Labute approximate surface area is 104 Å². The van der Waals surface area contributed by atoms with E-state index >= 15 is 0 Å². The van der Waals surface area contributed by atoms with Crippen LogP contribution < -0.4 is 5.32 Å². The Balaban J connectivity index is 1.90. The van der Waals surface area contributed by atoms with Gasteiger partial charge in [0, 0.05) is 34.4 Å². The zero-order valence-corrected chi connectivity index (χ0v) is 11.0. The van der Waals surface area contributed by atoms with Gasteiger partial charge in [-0.3, -0.25) is 9.00 Å². The van der Waals surface area contributed by atoms with E-state index in [0.29, 0.717) is 21.7 Å². The first kappa shape index (κ1) is 11.9. The quantitative estimate of drug-likeness (QED) is 0.904. The van der Waals surface area contributed by atoms with Crippen LogP contribution in [0.2, 0.25) is 0 Å². The first-order valence-corrected chi connectivity index (χ1v) is 7.33. The maximum absolute atomic E-state index is 11.7. The molecule has 0 saturated carbocycles. The van der Waals surface area contributed by atoms with Crippen molar-refractivity contribution in [2.45, 2.75) is 18.9 Å². The lowest BCUT2D eigenvalue weighted by atomic mass is 10.1. The summed E-state index contributed by atoms with van der Waals surface area (Å²) in [5, 5.41) is 2.91. The number of amides is 1. The molecule has 2 heterocycles. The summed E-state index contributed by atoms with van der Waals surface area (Å²) in [5.74, 6) is 1.23. The van der Waals surface area contributed by atoms with Crippen LogP contribution in [-0.4, -0.2) is 27.7 Å². The van der Waals surface area contributed by atoms with Crippen LogP contribution in [0.1, 0.15) is 23.2 Å². The smallest absolute Gasteiger partial charge is 0.254 e. The number of rotatable bonds is 2. The molecule has 2 rings (SSSR count). The van der Waals surface area contributed by atoms with Crippen LogP contribution in [0.3, 0.4) is 0 Å². The van der Waals surface area contributed by atoms with Crippen LogP contribution in [0.25, 0.3) is 0 Å². The van der Waals surface area contributed by atoms with Crippen molar-refractivity contribution in [1.82, 2.24) is 5.32 Å². The molecule has 0 bridgehead atoms. The van der Waals surface area contributed by atoms with Gasteiger partial charge in [0.05, 0.1) is 5.56 Å². The Bertz CT molecular complexity index is 408. The number of hydrogen-bond acceptors (Lipinski definition) is 3. The molecular formula is C10H12BrNO3S. The summed E-state index contributed by atoms with van der Waals surface area (Å²) >= 11 is 3.15. The Morgan fingerprint density at radius 1 is 1.50 bits per heavy atom. The van der Waals surface area contributed by atoms with Crippen LogP contribution in [0.5, 0.6) is 0 Å². The van der Waals surface area contributed by atoms with Crippen molar-refractivity contribution in [3.63, 3.8) is 0 Å². The molecule has 4 nitrogen and oxygen atoms in total. The second-order valence-corrected chi connectivity index (χ2v) is 6.21. The van der Waals surface area contributed by atoms with Crippen LogP contribution in [0.15, 0.2) is 21.4 Å². The van der Waals surface area contributed by atoms with E-state index in [4.69, 9.17) is 4.42 Å². The maximum Gasteiger partial charge on any atom is 0.254 e. The summed E-state index contributed by atoms with van der Waals surface area (Å²) < 4.78 is 16.7. The fourth-order valence-electron chi connectivity index (χ4n) is 1.64. The van der Waals surface area contributed by atoms with Gasteiger partial charge in [0.15, 0.2) is 4.67 Å². The lowest BCUT2D eigenvalue weighted by Gasteiger charge is -2.22. The predicted molar refractivity (Wildman–Crippen MR) is 64.8 cm³/mol. The number of carbonyl (C=O) groups excluding carboxylic acids is 1. The third-order valence-corrected chi connectivity index (χ3v) is 4.35. The summed E-state index contributed by atoms with van der Waals surface area (Å²) in [6.07, 6.45) is 3.00. The summed E-state index contributed by atoms with van der Waals surface area (Å²) in [6.45, 7) is 0. The SMILES string of the molecule is O=C(NC1CCS(=O)CC1)c1coc(Br)c1. The Kier molecular flexibility index (Phi) is 3.81. The molecule has 1 aliphatic rings. The van der Waals surface area contributed by atoms with Gasteiger partial charge >= 0.3 is 0 Å². The van der Waals surface area contributed by atoms with Crippen molar-refractivity contribution in [3.05, 3.63) is 22.6 Å². The zero-order chi connectivity index (χ0) is 11.5. The van der Waals surface area contributed by atoms with Crippen LogP contribution in [0.4, 0.5) is 0 Å². The van der Waals surface area contributed by atoms with E-state index in [0.717, 1.165) is 12.8 Å². The highest BCUT2D eigenvalue weighted by atomic mass is 79.9. The normalized spacial score (nSPS) is 25.3. The van der Waals surface area contributed by atoms with E-state index < -0.39 is 10.8 Å². The summed E-state index contributed by atoms with van der Waals surface area (Å²) in [4.78, 5) is 11.7. The third-order valence-electron chi connectivity index (χ3n) is 2.55. The highest BCUT2D eigenvalue weighted by Crippen LogP contribution is 2.15. The van der Waals surface area contributed by atoms with Crippen LogP contribution in [0, 0.1) is 0 Å². The highest BCUT2D eigenvalue weighted by molar-refractivity contribution is 9.10. The van der Waals surface area contributed by atoms with E-state index in [9.17, 15) is 9.00 Å². The van der Waals surface area contributed by atoms with Gasteiger partial charge in [0.2, 0.25) is 0 Å². The minimum Gasteiger partial charge on any atom is -0.457 e. The van der Waals surface area contributed by atoms with Crippen molar-refractivity contribution in [3.8, 4) is 0 Å². The van der Waals surface area contributed by atoms with E-state index in [1.54, 1.807) is 6.07 Å². The molecule has 0 aromatic carbocycles. The molecule has 1 fully saturated rings. The molecule has 0 atom stereocenters. The minimum absolute atomic E-state index is 0.132. The molecule has 88 valence electrons. The van der Waals surface area contributed by atoms with Gasteiger partial charge in [0.1, 0.15) is 6.26 Å². The topological polar surface area (TPSA) is 59.3 Å². The van der Waals surface area contributed by atoms with Crippen molar-refractivity contribution in [2.24, 2.45) is 0 Å². The predicted octanol–water partition coefficient (Wildman–Crippen LogP) is 1.68. The highest BCUT2D eigenvalue weighted by Gasteiger charge is 2.20. The standard InChI is InChI=1S/C10H12BrNO3S/c11-9-5-7(6-15-9)10(13)12-8-1-3-16(14)4-2-8/h5-6,8H,1-4H2,(H,12,13). The van der Waals surface area contributed by atoms with Gasteiger partial charge < -0.3 is 9.73 Å². The average Bonchev–Trinajstić information content (AvgIpc) is 2.68. The van der Waals surface area contributed by atoms with Crippen LogP contribution in [-0.2, 0) is 10.8 Å². The molecule has 0 spiro atoms. The van der Waals surface area contributed by atoms with Gasteiger partial charge in [-0.2, -0.15) is 0 Å². The summed E-state index contributed by atoms with van der Waals surface area (Å²) in [7, 11) is -0.693. The van der Waals surface area contributed by atoms with E-state index in [2.05, 4.69) is 21.2 Å². The van der Waals surface area contributed by atoms with Gasteiger partial charge in [-0.25, -0.2) is 0 Å². The van der Waals surface area contributed by atoms with Crippen molar-refractivity contribution in [1.29, 1.82) is 0 Å². The lowest BCUT2D eigenvalue weighted by Crippen LogP contribution is -2.39. The number of hydrogen-bond donors (Lipinski definition) is 1. The monoisotopic (exact) mass is 305 g/mol. The maximum atomic E-state index is 11.7. The minimum atomic E-state index is -0.693. The van der Waals surface area contributed by atoms with E-state index in [1.165, 1.54) is 6.26 Å². The molecule has 1 amide bonds. The zero-order valence-electron chi connectivity index (χ0n) is 8.57. The fraction of sp³-hybridized carbons (Fsp3) is 0.500. The molecular weight excluding hydrogens is 294 g/mol. The molecule has 16 heavy (non-hydrogen) atoms. The molecule has 1 aliphatic heterocycles. The molecule has 1 aromatic heterocycles. The van der Waals surface area contributed by atoms with Crippen molar-refractivity contribution < 1.29 is 13.4 Å². The average molecular weight is 306 g/mol. The third kappa shape index (κ3) is 2.95. The summed E-state index contributed by atoms with van der Waals surface area (Å²) in [6, 6.07) is 1.77. The first-order valence-electron chi connectivity index (χ1n) is 5.05. The first-order chi connectivity index (χ1) is 7.65. The molecule has 6 heteroatoms. The molecule has 1 saturated heterocycles. The Morgan fingerprint density at radius 3 is 2.75 bits per heavy atom. The fourth-order valence-corrected chi connectivity index (χ4v) is 3.28. The summed E-state index contributed by atoms with van der Waals surface area (Å²) in [5.41, 5.74) is 0.513. The van der Waals surface area contributed by atoms with Crippen LogP contribution >= 0.6 is 15.9 Å². The molecule has 0 radical (unpaired) electrons. The molecule has 0 aliphatic carbocycles. The number of nitrogens with one attached hydrogen (secondary N) is 1. The van der Waals surface area contributed by atoms with Gasteiger partial charge in [-0.15, -0.1) is 0 Å².